The Morgan fingerprint density at radius 1 is 0.947 bits per heavy atom. The molecular formula is C14H10FNO3. The van der Waals surface area contributed by atoms with Crippen molar-refractivity contribution in [2.45, 2.75) is 12.2 Å². The van der Waals surface area contributed by atoms with Gasteiger partial charge in [-0.1, -0.05) is 12.2 Å². The van der Waals surface area contributed by atoms with Gasteiger partial charge < -0.3 is 4.74 Å². The number of amides is 2. The van der Waals surface area contributed by atoms with Gasteiger partial charge in [-0.3, -0.25) is 9.59 Å². The van der Waals surface area contributed by atoms with Gasteiger partial charge in [0, 0.05) is 0 Å². The molecular weight excluding hydrogens is 249 g/mol. The number of ether oxygens (including phenoxy) is 1. The van der Waals surface area contributed by atoms with Crippen LogP contribution in [0.2, 0.25) is 0 Å². The van der Waals surface area contributed by atoms with E-state index in [4.69, 9.17) is 4.74 Å². The van der Waals surface area contributed by atoms with Crippen molar-refractivity contribution in [2.24, 2.45) is 11.8 Å². The Hall–Kier alpha value is -2.01. The summed E-state index contributed by atoms with van der Waals surface area (Å²) in [4.78, 5) is 25.9. The number of carbonyl (C=O) groups is 2. The first-order chi connectivity index (χ1) is 9.16. The summed E-state index contributed by atoms with van der Waals surface area (Å²) in [5.41, 5.74) is 0.421. The van der Waals surface area contributed by atoms with Crippen LogP contribution in [0.15, 0.2) is 36.4 Å². The van der Waals surface area contributed by atoms with Crippen molar-refractivity contribution in [3.8, 4) is 0 Å². The van der Waals surface area contributed by atoms with Gasteiger partial charge in [0.25, 0.3) is 0 Å². The summed E-state index contributed by atoms with van der Waals surface area (Å²) in [5, 5.41) is 0. The van der Waals surface area contributed by atoms with Crippen molar-refractivity contribution >= 4 is 17.5 Å². The molecule has 4 nitrogen and oxygen atoms in total. The summed E-state index contributed by atoms with van der Waals surface area (Å²) in [6.07, 6.45) is 3.09. The van der Waals surface area contributed by atoms with E-state index in [0.717, 1.165) is 4.90 Å². The smallest absolute Gasteiger partial charge is 0.240 e. The van der Waals surface area contributed by atoms with Crippen LogP contribution in [0.4, 0.5) is 10.1 Å². The van der Waals surface area contributed by atoms with Gasteiger partial charge in [0.2, 0.25) is 11.8 Å². The molecule has 96 valence electrons. The minimum absolute atomic E-state index is 0.251. The highest BCUT2D eigenvalue weighted by atomic mass is 19.1. The summed E-state index contributed by atoms with van der Waals surface area (Å²) < 4.78 is 18.5. The van der Waals surface area contributed by atoms with E-state index in [-0.39, 0.29) is 24.0 Å². The predicted molar refractivity (Wildman–Crippen MR) is 63.7 cm³/mol. The first-order valence-corrected chi connectivity index (χ1v) is 6.14. The van der Waals surface area contributed by atoms with E-state index in [0.29, 0.717) is 5.69 Å². The molecule has 5 heteroatoms. The number of rotatable bonds is 1. The number of hydrogen-bond acceptors (Lipinski definition) is 3. The van der Waals surface area contributed by atoms with Gasteiger partial charge in [0.05, 0.1) is 29.7 Å². The van der Waals surface area contributed by atoms with Crippen molar-refractivity contribution in [1.82, 2.24) is 0 Å². The second-order valence-electron chi connectivity index (χ2n) is 4.99. The third-order valence-electron chi connectivity index (χ3n) is 4.00. The highest BCUT2D eigenvalue weighted by molar-refractivity contribution is 6.23. The largest absolute Gasteiger partial charge is 0.365 e. The maximum Gasteiger partial charge on any atom is 0.240 e. The molecule has 2 saturated heterocycles. The SMILES string of the molecule is O=C1[C@@H]2[C@@H](C(=O)N1c1ccc(F)cc1)[C@@H]1C=C[C@@H]2O1. The molecule has 2 fully saturated rings. The second-order valence-corrected chi connectivity index (χ2v) is 4.99. The minimum Gasteiger partial charge on any atom is -0.365 e. The van der Waals surface area contributed by atoms with Gasteiger partial charge in [-0.05, 0) is 24.3 Å². The van der Waals surface area contributed by atoms with Crippen molar-refractivity contribution in [3.05, 3.63) is 42.2 Å². The Morgan fingerprint density at radius 3 is 2.00 bits per heavy atom. The normalized spacial score (nSPS) is 35.3. The predicted octanol–water partition coefficient (Wildman–Crippen LogP) is 1.27. The third kappa shape index (κ3) is 1.30. The molecule has 0 aliphatic carbocycles. The number of anilines is 1. The molecule has 0 radical (unpaired) electrons. The monoisotopic (exact) mass is 259 g/mol. The molecule has 3 aliphatic heterocycles. The van der Waals surface area contributed by atoms with Crippen LogP contribution in [-0.4, -0.2) is 24.0 Å². The summed E-state index contributed by atoms with van der Waals surface area (Å²) in [6, 6.07) is 5.38. The molecule has 19 heavy (non-hydrogen) atoms. The highest BCUT2D eigenvalue weighted by Crippen LogP contribution is 2.46. The fraction of sp³-hybridized carbons (Fsp3) is 0.286. The Bertz CT molecular complexity index is 580. The Labute approximate surface area is 108 Å². The van der Waals surface area contributed by atoms with E-state index in [9.17, 15) is 14.0 Å². The number of hydrogen-bond donors (Lipinski definition) is 0. The molecule has 1 aromatic rings. The quantitative estimate of drug-likeness (QED) is 0.563. The van der Waals surface area contributed by atoms with Crippen LogP contribution in [0, 0.1) is 17.7 Å². The van der Waals surface area contributed by atoms with Crippen molar-refractivity contribution in [2.75, 3.05) is 4.90 Å². The van der Waals surface area contributed by atoms with Crippen LogP contribution in [0.5, 0.6) is 0 Å². The summed E-state index contributed by atoms with van der Waals surface area (Å²) in [5.74, 6) is -1.75. The van der Waals surface area contributed by atoms with Crippen molar-refractivity contribution in [1.29, 1.82) is 0 Å². The molecule has 1 aromatic carbocycles. The maximum atomic E-state index is 12.9. The fourth-order valence-electron chi connectivity index (χ4n) is 3.15. The van der Waals surface area contributed by atoms with Gasteiger partial charge in [-0.2, -0.15) is 0 Å². The van der Waals surface area contributed by atoms with E-state index in [2.05, 4.69) is 0 Å². The number of carbonyl (C=O) groups excluding carboxylic acids is 2. The number of fused-ring (bicyclic) bond motifs is 5. The first-order valence-electron chi connectivity index (χ1n) is 6.14. The minimum atomic E-state index is -0.424. The molecule has 0 N–H and O–H groups in total. The lowest BCUT2D eigenvalue weighted by molar-refractivity contribution is -0.124. The number of nitrogens with zero attached hydrogens (tertiary/aromatic N) is 1. The van der Waals surface area contributed by atoms with Crippen molar-refractivity contribution < 1.29 is 18.7 Å². The average Bonchev–Trinajstić information content (AvgIpc) is 3.06. The molecule has 3 heterocycles. The molecule has 2 amide bonds. The molecule has 0 aromatic heterocycles. The Morgan fingerprint density at radius 2 is 1.47 bits per heavy atom. The van der Waals surface area contributed by atoms with Crippen LogP contribution in [0.1, 0.15) is 0 Å². The average molecular weight is 259 g/mol. The van der Waals surface area contributed by atoms with Gasteiger partial charge >= 0.3 is 0 Å². The van der Waals surface area contributed by atoms with Gasteiger partial charge in [0.15, 0.2) is 0 Å². The summed E-state index contributed by atoms with van der Waals surface area (Å²) in [6.45, 7) is 0. The van der Waals surface area contributed by atoms with E-state index in [1.54, 1.807) is 0 Å². The molecule has 2 bridgehead atoms. The van der Waals surface area contributed by atoms with E-state index in [1.807, 2.05) is 12.2 Å². The van der Waals surface area contributed by atoms with Gasteiger partial charge in [-0.15, -0.1) is 0 Å². The zero-order chi connectivity index (χ0) is 13.1. The van der Waals surface area contributed by atoms with Crippen LogP contribution in [-0.2, 0) is 14.3 Å². The van der Waals surface area contributed by atoms with Crippen LogP contribution >= 0.6 is 0 Å². The second kappa shape index (κ2) is 3.51. The third-order valence-corrected chi connectivity index (χ3v) is 4.00. The molecule has 0 spiro atoms. The van der Waals surface area contributed by atoms with E-state index in [1.165, 1.54) is 24.3 Å². The van der Waals surface area contributed by atoms with E-state index < -0.39 is 17.7 Å². The topological polar surface area (TPSA) is 46.6 Å². The molecule has 4 atom stereocenters. The fourth-order valence-corrected chi connectivity index (χ4v) is 3.15. The summed E-state index contributed by atoms with van der Waals surface area (Å²) >= 11 is 0. The van der Waals surface area contributed by atoms with Gasteiger partial charge in [0.1, 0.15) is 5.82 Å². The Kier molecular flexibility index (Phi) is 2.01. The zero-order valence-electron chi connectivity index (χ0n) is 9.82. The van der Waals surface area contributed by atoms with Crippen LogP contribution in [0.3, 0.4) is 0 Å². The first kappa shape index (κ1) is 10.9. The van der Waals surface area contributed by atoms with Crippen LogP contribution in [0.25, 0.3) is 0 Å². The lowest BCUT2D eigenvalue weighted by atomic mass is 9.85. The maximum absolute atomic E-state index is 12.9. The number of halogens is 1. The molecule has 4 rings (SSSR count). The number of benzene rings is 1. The lowest BCUT2D eigenvalue weighted by Crippen LogP contribution is -2.34. The standard InChI is InChI=1S/C14H10FNO3/c15-7-1-3-8(4-2-7)16-13(17)11-9-5-6-10(19-9)12(11)14(16)18/h1-6,9-12H/t9-,10-,11-,12-/m0/s1. The Balaban J connectivity index is 1.74. The zero-order valence-corrected chi connectivity index (χ0v) is 9.82. The lowest BCUT2D eigenvalue weighted by Gasteiger charge is -2.17. The van der Waals surface area contributed by atoms with Gasteiger partial charge in [-0.25, -0.2) is 9.29 Å². The van der Waals surface area contributed by atoms with E-state index >= 15 is 0 Å². The highest BCUT2D eigenvalue weighted by Gasteiger charge is 2.60. The molecule has 0 saturated carbocycles. The van der Waals surface area contributed by atoms with Crippen molar-refractivity contribution in [3.63, 3.8) is 0 Å². The number of imide groups is 1. The molecule has 0 unspecified atom stereocenters. The molecule has 3 aliphatic rings. The summed E-state index contributed by atoms with van der Waals surface area (Å²) in [7, 11) is 0. The van der Waals surface area contributed by atoms with Crippen LogP contribution < -0.4 is 4.90 Å².